The summed E-state index contributed by atoms with van der Waals surface area (Å²) in [6, 6.07) is 35.4. The molecule has 0 amide bonds. The zero-order valence-electron chi connectivity index (χ0n) is 22.7. The Morgan fingerprint density at radius 2 is 0.682 bits per heavy atom. The number of ether oxygens (including phenoxy) is 2. The van der Waals surface area contributed by atoms with Crippen molar-refractivity contribution in [1.29, 1.82) is 0 Å². The SMILES string of the molecule is O=S(=O)(c1ccc(Cl)cc1)c1ccc(Oc2ccc(Oc3ccc(S(=O)(=O)c4ccc(Cl)cc4)cc3)c3ccccc23)cc1. The van der Waals surface area contributed by atoms with E-state index in [0.29, 0.717) is 33.0 Å². The first-order valence-corrected chi connectivity index (χ1v) is 16.9. The van der Waals surface area contributed by atoms with E-state index in [9.17, 15) is 16.8 Å². The van der Waals surface area contributed by atoms with Gasteiger partial charge in [0.25, 0.3) is 0 Å². The highest BCUT2D eigenvalue weighted by atomic mass is 35.5. The van der Waals surface area contributed by atoms with Crippen molar-refractivity contribution >= 4 is 53.6 Å². The van der Waals surface area contributed by atoms with Gasteiger partial charge in [-0.05, 0) is 109 Å². The molecule has 0 aliphatic carbocycles. The van der Waals surface area contributed by atoms with Crippen molar-refractivity contribution in [2.24, 2.45) is 0 Å². The van der Waals surface area contributed by atoms with Crippen molar-refractivity contribution < 1.29 is 26.3 Å². The number of halogens is 2. The van der Waals surface area contributed by atoms with Crippen LogP contribution in [0, 0.1) is 0 Å². The van der Waals surface area contributed by atoms with Crippen molar-refractivity contribution in [1.82, 2.24) is 0 Å². The fourth-order valence-corrected chi connectivity index (χ4v) is 7.32. The lowest BCUT2D eigenvalue weighted by Crippen LogP contribution is -2.01. The Hall–Kier alpha value is -4.34. The Kier molecular flexibility index (Phi) is 8.09. The molecule has 0 saturated heterocycles. The van der Waals surface area contributed by atoms with Gasteiger partial charge in [0.05, 0.1) is 19.6 Å². The second-order valence-electron chi connectivity index (χ2n) is 9.67. The Morgan fingerprint density at radius 1 is 0.386 bits per heavy atom. The van der Waals surface area contributed by atoms with Gasteiger partial charge in [-0.2, -0.15) is 0 Å². The smallest absolute Gasteiger partial charge is 0.206 e. The van der Waals surface area contributed by atoms with Crippen molar-refractivity contribution in [3.05, 3.63) is 144 Å². The molecule has 6 rings (SSSR count). The quantitative estimate of drug-likeness (QED) is 0.162. The molecule has 0 aliphatic rings. The molecule has 0 radical (unpaired) electrons. The summed E-state index contributed by atoms with van der Waals surface area (Å²) in [5.41, 5.74) is 0. The van der Waals surface area contributed by atoms with Crippen LogP contribution >= 0.6 is 23.2 Å². The van der Waals surface area contributed by atoms with E-state index in [-0.39, 0.29) is 19.6 Å². The summed E-state index contributed by atoms with van der Waals surface area (Å²) in [5.74, 6) is 2.00. The van der Waals surface area contributed by atoms with Gasteiger partial charge < -0.3 is 9.47 Å². The molecule has 0 spiro atoms. The average Bonchev–Trinajstić information content (AvgIpc) is 3.03. The first-order chi connectivity index (χ1) is 21.1. The van der Waals surface area contributed by atoms with E-state index < -0.39 is 19.7 Å². The molecule has 0 heterocycles. The minimum Gasteiger partial charge on any atom is -0.457 e. The van der Waals surface area contributed by atoms with Crippen molar-refractivity contribution in [2.75, 3.05) is 0 Å². The third kappa shape index (κ3) is 6.02. The molecule has 0 atom stereocenters. The lowest BCUT2D eigenvalue weighted by molar-refractivity contribution is 0.477. The topological polar surface area (TPSA) is 86.7 Å². The number of fused-ring (bicyclic) bond motifs is 1. The number of hydrogen-bond acceptors (Lipinski definition) is 6. The number of benzene rings is 6. The lowest BCUT2D eigenvalue weighted by Gasteiger charge is -2.14. The molecule has 6 aromatic carbocycles. The zero-order chi connectivity index (χ0) is 30.9. The summed E-state index contributed by atoms with van der Waals surface area (Å²) < 4.78 is 64.2. The molecule has 0 saturated carbocycles. The maximum atomic E-state index is 13.0. The molecule has 6 nitrogen and oxygen atoms in total. The molecule has 0 unspecified atom stereocenters. The summed E-state index contributed by atoms with van der Waals surface area (Å²) in [6.07, 6.45) is 0. The Morgan fingerprint density at radius 3 is 1.00 bits per heavy atom. The van der Waals surface area contributed by atoms with Gasteiger partial charge in [-0.1, -0.05) is 47.5 Å². The summed E-state index contributed by atoms with van der Waals surface area (Å²) in [7, 11) is -7.42. The minimum absolute atomic E-state index is 0.132. The van der Waals surface area contributed by atoms with Gasteiger partial charge in [-0.25, -0.2) is 16.8 Å². The maximum absolute atomic E-state index is 13.0. The van der Waals surface area contributed by atoms with Crippen LogP contribution in [-0.2, 0) is 19.7 Å². The normalized spacial score (nSPS) is 11.8. The van der Waals surface area contributed by atoms with E-state index in [1.54, 1.807) is 36.4 Å². The highest BCUT2D eigenvalue weighted by Gasteiger charge is 2.19. The molecule has 6 aromatic rings. The molecule has 220 valence electrons. The first kappa shape index (κ1) is 29.7. The van der Waals surface area contributed by atoms with Gasteiger partial charge in [0, 0.05) is 20.8 Å². The molecule has 44 heavy (non-hydrogen) atoms. The van der Waals surface area contributed by atoms with Crippen LogP contribution in [-0.4, -0.2) is 16.8 Å². The summed E-state index contributed by atoms with van der Waals surface area (Å²) >= 11 is 11.8. The molecule has 0 aliphatic heterocycles. The Balaban J connectivity index is 1.22. The van der Waals surface area contributed by atoms with Gasteiger partial charge in [0.1, 0.15) is 23.0 Å². The maximum Gasteiger partial charge on any atom is 0.206 e. The standard InChI is InChI=1S/C34H22Cl2O6S2/c35-23-5-13-27(14-6-23)43(37,38)29-17-9-25(10-18-29)41-33-21-22-34(32-4-2-1-3-31(32)33)42-26-11-19-30(20-12-26)44(39,40)28-15-7-24(36)8-16-28/h1-22H. The summed E-state index contributed by atoms with van der Waals surface area (Å²) in [5, 5.41) is 2.44. The molecular formula is C34H22Cl2O6S2. The lowest BCUT2D eigenvalue weighted by atomic mass is 10.1. The average molecular weight is 662 g/mol. The molecule has 0 bridgehead atoms. The monoisotopic (exact) mass is 660 g/mol. The minimum atomic E-state index is -3.71. The number of hydrogen-bond donors (Lipinski definition) is 0. The third-order valence-corrected chi connectivity index (χ3v) is 10.9. The number of sulfone groups is 2. The van der Waals surface area contributed by atoms with Gasteiger partial charge >= 0.3 is 0 Å². The highest BCUT2D eigenvalue weighted by molar-refractivity contribution is 7.91. The van der Waals surface area contributed by atoms with Crippen LogP contribution in [0.15, 0.2) is 153 Å². The van der Waals surface area contributed by atoms with Crippen molar-refractivity contribution in [3.8, 4) is 23.0 Å². The Labute approximate surface area is 264 Å². The predicted octanol–water partition coefficient (Wildman–Crippen LogP) is 9.40. The van der Waals surface area contributed by atoms with E-state index in [1.807, 2.05) is 24.3 Å². The van der Waals surface area contributed by atoms with Crippen LogP contribution in [0.4, 0.5) is 0 Å². The number of rotatable bonds is 8. The molecule has 0 fully saturated rings. The Bertz CT molecular complexity index is 2020. The second-order valence-corrected chi connectivity index (χ2v) is 14.4. The van der Waals surface area contributed by atoms with Crippen LogP contribution in [0.1, 0.15) is 0 Å². The third-order valence-electron chi connectivity index (χ3n) is 6.82. The van der Waals surface area contributed by atoms with E-state index in [1.165, 1.54) is 72.8 Å². The van der Waals surface area contributed by atoms with Gasteiger partial charge in [-0.3, -0.25) is 0 Å². The molecule has 0 N–H and O–H groups in total. The van der Waals surface area contributed by atoms with Crippen LogP contribution in [0.25, 0.3) is 10.8 Å². The van der Waals surface area contributed by atoms with Gasteiger partial charge in [0.2, 0.25) is 19.7 Å². The zero-order valence-corrected chi connectivity index (χ0v) is 25.9. The van der Waals surface area contributed by atoms with Crippen LogP contribution in [0.2, 0.25) is 10.0 Å². The van der Waals surface area contributed by atoms with Gasteiger partial charge in [0.15, 0.2) is 0 Å². The summed E-state index contributed by atoms with van der Waals surface area (Å²) in [4.78, 5) is 0.561. The van der Waals surface area contributed by atoms with E-state index in [4.69, 9.17) is 32.7 Å². The van der Waals surface area contributed by atoms with E-state index in [0.717, 1.165) is 10.8 Å². The van der Waals surface area contributed by atoms with E-state index >= 15 is 0 Å². The van der Waals surface area contributed by atoms with Crippen LogP contribution < -0.4 is 9.47 Å². The molecular weight excluding hydrogens is 639 g/mol. The van der Waals surface area contributed by atoms with Crippen molar-refractivity contribution in [3.63, 3.8) is 0 Å². The fraction of sp³-hybridized carbons (Fsp3) is 0. The summed E-state index contributed by atoms with van der Waals surface area (Å²) in [6.45, 7) is 0. The molecule has 0 aromatic heterocycles. The largest absolute Gasteiger partial charge is 0.457 e. The fourth-order valence-electron chi connectivity index (χ4n) is 4.55. The van der Waals surface area contributed by atoms with Crippen molar-refractivity contribution in [2.45, 2.75) is 19.6 Å². The predicted molar refractivity (Wildman–Crippen MR) is 171 cm³/mol. The van der Waals surface area contributed by atoms with E-state index in [2.05, 4.69) is 0 Å². The molecule has 10 heteroatoms. The second kappa shape index (κ2) is 12.0. The van der Waals surface area contributed by atoms with Crippen LogP contribution in [0.5, 0.6) is 23.0 Å². The highest BCUT2D eigenvalue weighted by Crippen LogP contribution is 2.38. The van der Waals surface area contributed by atoms with Crippen LogP contribution in [0.3, 0.4) is 0 Å². The first-order valence-electron chi connectivity index (χ1n) is 13.2. The van der Waals surface area contributed by atoms with Gasteiger partial charge in [-0.15, -0.1) is 0 Å².